The Hall–Kier alpha value is -1.77. The molecule has 2 aromatic carbocycles. The lowest BCUT2D eigenvalue weighted by Crippen LogP contribution is -2.40. The minimum absolute atomic E-state index is 0.771. The number of hydrogen-bond acceptors (Lipinski definition) is 2. The molecule has 3 heteroatoms. The molecule has 204 valence electrons. The third-order valence-electron chi connectivity index (χ3n) is 9.92. The van der Waals surface area contributed by atoms with Crippen LogP contribution in [0.15, 0.2) is 54.1 Å². The Morgan fingerprint density at radius 2 is 1.26 bits per heavy atom. The molecule has 0 radical (unpaired) electrons. The smallest absolute Gasteiger partial charge is 0.119 e. The van der Waals surface area contributed by atoms with Crippen LogP contribution < -0.4 is 4.74 Å². The Bertz CT molecular complexity index is 1030. The molecule has 38 heavy (non-hydrogen) atoms. The summed E-state index contributed by atoms with van der Waals surface area (Å²) in [5.74, 6) is 4.49. The van der Waals surface area contributed by atoms with Crippen LogP contribution in [0.3, 0.4) is 0 Å². The fraction of sp³-hybridized carbons (Fsp3) is 0.600. The van der Waals surface area contributed by atoms with Gasteiger partial charge in [-0.1, -0.05) is 67.1 Å². The van der Waals surface area contributed by atoms with Crippen molar-refractivity contribution in [2.45, 2.75) is 83.5 Å². The molecule has 0 atom stereocenters. The maximum atomic E-state index is 6.28. The Balaban J connectivity index is 1.06. The van der Waals surface area contributed by atoms with Gasteiger partial charge in [0, 0.05) is 5.02 Å². The molecule has 1 heterocycles. The van der Waals surface area contributed by atoms with E-state index in [1.807, 2.05) is 0 Å². The first-order valence-electron chi connectivity index (χ1n) is 15.7. The monoisotopic (exact) mass is 531 g/mol. The van der Waals surface area contributed by atoms with Gasteiger partial charge in [-0.3, -0.25) is 0 Å². The highest BCUT2D eigenvalue weighted by Gasteiger charge is 2.46. The van der Waals surface area contributed by atoms with Crippen molar-refractivity contribution in [3.05, 3.63) is 70.3 Å². The molecule has 0 aromatic heterocycles. The van der Waals surface area contributed by atoms with Gasteiger partial charge in [-0.05, 0) is 142 Å². The molecule has 4 saturated carbocycles. The normalized spacial score (nSPS) is 26.9. The second kappa shape index (κ2) is 12.6. The van der Waals surface area contributed by atoms with Crippen molar-refractivity contribution in [1.29, 1.82) is 0 Å². The van der Waals surface area contributed by atoms with E-state index in [1.54, 1.807) is 5.57 Å². The summed E-state index contributed by atoms with van der Waals surface area (Å²) in [7, 11) is 0. The Labute approximate surface area is 235 Å². The van der Waals surface area contributed by atoms with Crippen molar-refractivity contribution in [3.8, 4) is 5.75 Å². The van der Waals surface area contributed by atoms with Gasteiger partial charge in [-0.15, -0.1) is 0 Å². The summed E-state index contributed by atoms with van der Waals surface area (Å²) in [5, 5.41) is 0.814. The molecule has 1 saturated heterocycles. The van der Waals surface area contributed by atoms with E-state index < -0.39 is 0 Å². The Kier molecular flexibility index (Phi) is 8.77. The number of nitrogens with zero attached hydrogens (tertiary/aromatic N) is 1. The third-order valence-corrected chi connectivity index (χ3v) is 10.2. The van der Waals surface area contributed by atoms with Crippen LogP contribution in [0.5, 0.6) is 5.75 Å². The van der Waals surface area contributed by atoms with Gasteiger partial charge in [-0.2, -0.15) is 0 Å². The molecule has 5 fully saturated rings. The van der Waals surface area contributed by atoms with Crippen molar-refractivity contribution in [2.24, 2.45) is 23.7 Å². The van der Waals surface area contributed by atoms with E-state index in [0.29, 0.717) is 0 Å². The van der Waals surface area contributed by atoms with Crippen LogP contribution in [-0.2, 0) is 0 Å². The molecule has 7 rings (SSSR count). The Morgan fingerprint density at radius 1 is 0.684 bits per heavy atom. The molecule has 4 aliphatic carbocycles. The summed E-state index contributed by atoms with van der Waals surface area (Å²) in [4.78, 5) is 2.68. The van der Waals surface area contributed by atoms with Gasteiger partial charge in [0.15, 0.2) is 0 Å². The standard InChI is InChI=1S/C35H46ClNO/c36-32-13-9-28(10-14-32)34(35-30-22-26-21-27(24-30)25-31(35)23-26)29-11-15-33(16-12-29)38-20-8-4-3-7-19-37-17-5-1-2-6-18-37/h9-16,26-27,30-31H,1-8,17-25H2. The first-order valence-corrected chi connectivity index (χ1v) is 16.1. The van der Waals surface area contributed by atoms with Gasteiger partial charge in [-0.25, -0.2) is 0 Å². The van der Waals surface area contributed by atoms with Crippen molar-refractivity contribution >= 4 is 17.2 Å². The zero-order valence-electron chi connectivity index (χ0n) is 23.2. The van der Waals surface area contributed by atoms with Crippen LogP contribution in [-0.4, -0.2) is 31.1 Å². The number of benzene rings is 2. The van der Waals surface area contributed by atoms with E-state index >= 15 is 0 Å². The molecular weight excluding hydrogens is 486 g/mol. The van der Waals surface area contributed by atoms with Crippen LogP contribution in [0.4, 0.5) is 0 Å². The number of hydrogen-bond donors (Lipinski definition) is 0. The second-order valence-electron chi connectivity index (χ2n) is 12.7. The average Bonchev–Trinajstić information content (AvgIpc) is 3.20. The van der Waals surface area contributed by atoms with Crippen LogP contribution in [0.2, 0.25) is 5.02 Å². The molecule has 5 aliphatic rings. The molecule has 2 aromatic rings. The summed E-state index contributed by atoms with van der Waals surface area (Å²) in [5.41, 5.74) is 5.89. The van der Waals surface area contributed by atoms with Crippen LogP contribution in [0.25, 0.3) is 5.57 Å². The molecule has 0 spiro atoms. The lowest BCUT2D eigenvalue weighted by atomic mass is 9.53. The van der Waals surface area contributed by atoms with E-state index in [9.17, 15) is 0 Å². The van der Waals surface area contributed by atoms with Crippen LogP contribution in [0.1, 0.15) is 94.6 Å². The summed E-state index contributed by atoms with van der Waals surface area (Å²) < 4.78 is 6.17. The van der Waals surface area contributed by atoms with Crippen molar-refractivity contribution in [3.63, 3.8) is 0 Å². The highest BCUT2D eigenvalue weighted by molar-refractivity contribution is 6.30. The molecule has 0 amide bonds. The maximum absolute atomic E-state index is 6.28. The van der Waals surface area contributed by atoms with Crippen LogP contribution in [0, 0.1) is 23.7 Å². The minimum Gasteiger partial charge on any atom is -0.494 e. The molecule has 2 nitrogen and oxygen atoms in total. The zero-order chi connectivity index (χ0) is 25.7. The van der Waals surface area contributed by atoms with Gasteiger partial charge in [0.2, 0.25) is 0 Å². The van der Waals surface area contributed by atoms with E-state index in [4.69, 9.17) is 16.3 Å². The second-order valence-corrected chi connectivity index (χ2v) is 13.1. The van der Waals surface area contributed by atoms with E-state index in [-0.39, 0.29) is 0 Å². The summed E-state index contributed by atoms with van der Waals surface area (Å²) in [6, 6.07) is 17.6. The lowest BCUT2D eigenvalue weighted by Gasteiger charge is -2.52. The molecular formula is C35H46ClNO. The number of unbranched alkanes of at least 4 members (excludes halogenated alkanes) is 3. The van der Waals surface area contributed by atoms with Crippen molar-refractivity contribution in [1.82, 2.24) is 4.90 Å². The first kappa shape index (κ1) is 26.5. The van der Waals surface area contributed by atoms with E-state index in [2.05, 4.69) is 53.4 Å². The van der Waals surface area contributed by atoms with Crippen molar-refractivity contribution in [2.75, 3.05) is 26.2 Å². The fourth-order valence-electron chi connectivity index (χ4n) is 8.28. The highest BCUT2D eigenvalue weighted by Crippen LogP contribution is 2.58. The van der Waals surface area contributed by atoms with Crippen LogP contribution >= 0.6 is 11.6 Å². The summed E-state index contributed by atoms with van der Waals surface area (Å²) in [6.07, 6.45) is 17.8. The van der Waals surface area contributed by atoms with Gasteiger partial charge in [0.25, 0.3) is 0 Å². The number of allylic oxidation sites excluding steroid dienone is 1. The highest BCUT2D eigenvalue weighted by atomic mass is 35.5. The largest absolute Gasteiger partial charge is 0.494 e. The average molecular weight is 532 g/mol. The van der Waals surface area contributed by atoms with E-state index in [1.165, 1.54) is 113 Å². The molecule has 0 N–H and O–H groups in total. The minimum atomic E-state index is 0.771. The summed E-state index contributed by atoms with van der Waals surface area (Å²) in [6.45, 7) is 4.74. The predicted octanol–water partition coefficient (Wildman–Crippen LogP) is 9.41. The van der Waals surface area contributed by atoms with Gasteiger partial charge < -0.3 is 9.64 Å². The third kappa shape index (κ3) is 6.34. The first-order chi connectivity index (χ1) is 18.7. The lowest BCUT2D eigenvalue weighted by molar-refractivity contribution is 0.0705. The Morgan fingerprint density at radius 3 is 1.89 bits per heavy atom. The fourth-order valence-corrected chi connectivity index (χ4v) is 8.40. The quantitative estimate of drug-likeness (QED) is 0.283. The molecule has 1 aliphatic heterocycles. The van der Waals surface area contributed by atoms with Crippen molar-refractivity contribution < 1.29 is 4.74 Å². The predicted molar refractivity (Wildman–Crippen MR) is 160 cm³/mol. The number of rotatable bonds is 10. The van der Waals surface area contributed by atoms with E-state index in [0.717, 1.165) is 47.5 Å². The summed E-state index contributed by atoms with van der Waals surface area (Å²) >= 11 is 6.28. The van der Waals surface area contributed by atoms with Gasteiger partial charge >= 0.3 is 0 Å². The maximum Gasteiger partial charge on any atom is 0.119 e. The number of halogens is 1. The zero-order valence-corrected chi connectivity index (χ0v) is 23.9. The van der Waals surface area contributed by atoms with Gasteiger partial charge in [0.1, 0.15) is 5.75 Å². The topological polar surface area (TPSA) is 12.5 Å². The molecule has 4 bridgehead atoms. The number of ether oxygens (including phenoxy) is 1. The van der Waals surface area contributed by atoms with Gasteiger partial charge in [0.05, 0.1) is 6.61 Å². The number of likely N-dealkylation sites (tertiary alicyclic amines) is 1. The molecule has 0 unspecified atom stereocenters. The SMILES string of the molecule is Clc1ccc(C(=C2C3CC4CC(C3)CC2C4)c2ccc(OCCCCCCN3CCCCCC3)cc2)cc1.